The Hall–Kier alpha value is -6.91. The zero-order valence-electron chi connectivity index (χ0n) is 27.8. The van der Waals surface area contributed by atoms with Gasteiger partial charge in [-0.2, -0.15) is 0 Å². The van der Waals surface area contributed by atoms with Gasteiger partial charge in [-0.1, -0.05) is 103 Å². The van der Waals surface area contributed by atoms with Crippen molar-refractivity contribution in [1.82, 2.24) is 14.0 Å². The molecule has 51 heavy (non-hydrogen) atoms. The van der Waals surface area contributed by atoms with Gasteiger partial charge < -0.3 is 13.9 Å². The molecule has 0 aliphatic heterocycles. The van der Waals surface area contributed by atoms with Crippen LogP contribution in [0.2, 0.25) is 0 Å². The lowest BCUT2D eigenvalue weighted by Gasteiger charge is -2.26. The van der Waals surface area contributed by atoms with E-state index < -0.39 is 0 Å². The van der Waals surface area contributed by atoms with E-state index in [0.29, 0.717) is 0 Å². The largest absolute Gasteiger partial charge is 0.311 e. The van der Waals surface area contributed by atoms with Crippen LogP contribution in [0.4, 0.5) is 17.1 Å². The maximum atomic E-state index is 4.83. The van der Waals surface area contributed by atoms with Gasteiger partial charge in [-0.3, -0.25) is 0 Å². The molecule has 0 spiro atoms. The molecule has 0 fully saturated rings. The van der Waals surface area contributed by atoms with E-state index in [-0.39, 0.29) is 0 Å². The first-order chi connectivity index (χ1) is 25.3. The average Bonchev–Trinajstić information content (AvgIpc) is 3.78. The summed E-state index contributed by atoms with van der Waals surface area (Å²) in [6.45, 7) is 0. The monoisotopic (exact) mass is 652 g/mol. The van der Waals surface area contributed by atoms with E-state index >= 15 is 0 Å². The molecule has 0 saturated carbocycles. The lowest BCUT2D eigenvalue weighted by atomic mass is 9.97. The summed E-state index contributed by atoms with van der Waals surface area (Å²) in [7, 11) is 0. The zero-order chi connectivity index (χ0) is 33.7. The van der Waals surface area contributed by atoms with Gasteiger partial charge >= 0.3 is 0 Å². The van der Waals surface area contributed by atoms with Crippen molar-refractivity contribution >= 4 is 55.3 Å². The molecule has 10 aromatic rings. The van der Waals surface area contributed by atoms with Gasteiger partial charge in [0.15, 0.2) is 0 Å². The highest BCUT2D eigenvalue weighted by Crippen LogP contribution is 2.39. The van der Waals surface area contributed by atoms with Crippen molar-refractivity contribution in [2.75, 3.05) is 4.90 Å². The van der Waals surface area contributed by atoms with Gasteiger partial charge in [-0.25, -0.2) is 4.98 Å². The third-order valence-corrected chi connectivity index (χ3v) is 9.94. The van der Waals surface area contributed by atoms with E-state index in [1.165, 1.54) is 43.7 Å². The van der Waals surface area contributed by atoms with Crippen LogP contribution >= 0.6 is 0 Å². The van der Waals surface area contributed by atoms with Crippen molar-refractivity contribution in [3.8, 4) is 28.1 Å². The molecular weight excluding hydrogens is 621 g/mol. The molecule has 7 aromatic carbocycles. The summed E-state index contributed by atoms with van der Waals surface area (Å²) >= 11 is 0. The number of benzene rings is 7. The summed E-state index contributed by atoms with van der Waals surface area (Å²) in [4.78, 5) is 7.14. The molecule has 10 rings (SSSR count). The maximum Gasteiger partial charge on any atom is 0.137 e. The molecule has 0 aliphatic rings. The molecule has 3 heterocycles. The molecule has 0 amide bonds. The van der Waals surface area contributed by atoms with Crippen LogP contribution in [0.5, 0.6) is 0 Å². The summed E-state index contributed by atoms with van der Waals surface area (Å²) in [5, 5.41) is 5.02. The fourth-order valence-corrected chi connectivity index (χ4v) is 7.53. The van der Waals surface area contributed by atoms with Gasteiger partial charge in [0.2, 0.25) is 0 Å². The number of hydrogen-bond acceptors (Lipinski definition) is 2. The normalized spacial score (nSPS) is 11.5. The van der Waals surface area contributed by atoms with Gasteiger partial charge in [-0.05, 0) is 101 Å². The zero-order valence-corrected chi connectivity index (χ0v) is 27.8. The number of anilines is 3. The van der Waals surface area contributed by atoms with Crippen molar-refractivity contribution in [2.45, 2.75) is 0 Å². The Labute approximate surface area is 295 Å². The molecule has 0 N–H and O–H groups in total. The second-order valence-electron chi connectivity index (χ2n) is 12.9. The van der Waals surface area contributed by atoms with Gasteiger partial charge in [0, 0.05) is 51.5 Å². The standard InChI is InChI=1S/C47H32N4/c1-2-13-36(14-3-1)50(37-23-20-34(21-24-37)44-32-49-30-9-8-19-47(49)48-44)38-25-27-39(28-26-38)51-45-18-7-6-16-42(45)43-31-35(22-29-46(43)51)41-17-10-12-33-11-4-5-15-40(33)41/h1-32H. The van der Waals surface area contributed by atoms with Gasteiger partial charge in [0.05, 0.1) is 16.7 Å². The molecular formula is C47H32N4. The molecule has 0 aliphatic carbocycles. The Balaban J connectivity index is 1.05. The molecule has 3 aromatic heterocycles. The number of fused-ring (bicyclic) bond motifs is 5. The third-order valence-electron chi connectivity index (χ3n) is 9.94. The van der Waals surface area contributed by atoms with Crippen molar-refractivity contribution in [1.29, 1.82) is 0 Å². The molecule has 0 saturated heterocycles. The van der Waals surface area contributed by atoms with E-state index in [2.05, 4.69) is 184 Å². The van der Waals surface area contributed by atoms with E-state index in [1.54, 1.807) is 0 Å². The first-order valence-corrected chi connectivity index (χ1v) is 17.3. The van der Waals surface area contributed by atoms with Crippen LogP contribution in [0.1, 0.15) is 0 Å². The first kappa shape index (κ1) is 29.0. The Kier molecular flexibility index (Phi) is 6.78. The fourth-order valence-electron chi connectivity index (χ4n) is 7.53. The molecule has 0 bridgehead atoms. The van der Waals surface area contributed by atoms with E-state index in [4.69, 9.17) is 4.98 Å². The van der Waals surface area contributed by atoms with Crippen molar-refractivity contribution in [3.05, 3.63) is 194 Å². The highest BCUT2D eigenvalue weighted by Gasteiger charge is 2.17. The highest BCUT2D eigenvalue weighted by molar-refractivity contribution is 6.11. The summed E-state index contributed by atoms with van der Waals surface area (Å²) < 4.78 is 4.44. The number of aromatic nitrogens is 3. The van der Waals surface area contributed by atoms with Crippen LogP contribution in [0.15, 0.2) is 194 Å². The summed E-state index contributed by atoms with van der Waals surface area (Å²) in [6.07, 6.45) is 4.11. The van der Waals surface area contributed by atoms with Crippen molar-refractivity contribution < 1.29 is 0 Å². The number of hydrogen-bond donors (Lipinski definition) is 0. The second-order valence-corrected chi connectivity index (χ2v) is 12.9. The number of para-hydroxylation sites is 2. The van der Waals surface area contributed by atoms with Crippen LogP contribution in [0.25, 0.3) is 66.3 Å². The lowest BCUT2D eigenvalue weighted by molar-refractivity contribution is 1.17. The topological polar surface area (TPSA) is 25.5 Å². The second kappa shape index (κ2) is 11.9. The lowest BCUT2D eigenvalue weighted by Crippen LogP contribution is -2.10. The number of pyridine rings is 1. The molecule has 4 heteroatoms. The predicted octanol–water partition coefficient (Wildman–Crippen LogP) is 12.4. The average molecular weight is 653 g/mol. The smallest absolute Gasteiger partial charge is 0.137 e. The molecule has 0 radical (unpaired) electrons. The maximum absolute atomic E-state index is 4.83. The van der Waals surface area contributed by atoms with Crippen LogP contribution in [0.3, 0.4) is 0 Å². The minimum Gasteiger partial charge on any atom is -0.311 e. The SMILES string of the molecule is c1ccc(N(c2ccc(-c3cn4ccccc4n3)cc2)c2ccc(-n3c4ccccc4c4cc(-c5cccc6ccccc56)ccc43)cc2)cc1. The van der Waals surface area contributed by atoms with Crippen LogP contribution in [0, 0.1) is 0 Å². The molecule has 0 atom stereocenters. The molecule has 4 nitrogen and oxygen atoms in total. The predicted molar refractivity (Wildman–Crippen MR) is 213 cm³/mol. The van der Waals surface area contributed by atoms with Gasteiger partial charge in [0.25, 0.3) is 0 Å². The van der Waals surface area contributed by atoms with Crippen LogP contribution in [-0.4, -0.2) is 14.0 Å². The van der Waals surface area contributed by atoms with Gasteiger partial charge in [0.1, 0.15) is 5.65 Å². The van der Waals surface area contributed by atoms with Crippen LogP contribution in [-0.2, 0) is 0 Å². The summed E-state index contributed by atoms with van der Waals surface area (Å²) in [6, 6.07) is 65.1. The minimum absolute atomic E-state index is 0.941. The highest BCUT2D eigenvalue weighted by atomic mass is 15.1. The molecule has 240 valence electrons. The quantitative estimate of drug-likeness (QED) is 0.179. The Morgan fingerprint density at radius 1 is 0.451 bits per heavy atom. The molecule has 0 unspecified atom stereocenters. The van der Waals surface area contributed by atoms with Gasteiger partial charge in [-0.15, -0.1) is 0 Å². The Bertz CT molecular complexity index is 2810. The first-order valence-electron chi connectivity index (χ1n) is 17.3. The minimum atomic E-state index is 0.941. The number of rotatable bonds is 6. The van der Waals surface area contributed by atoms with E-state index in [1.807, 2.05) is 24.4 Å². The fraction of sp³-hybridized carbons (Fsp3) is 0. The number of nitrogens with zero attached hydrogens (tertiary/aromatic N) is 4. The summed E-state index contributed by atoms with van der Waals surface area (Å²) in [5.41, 5.74) is 12.2. The van der Waals surface area contributed by atoms with Crippen molar-refractivity contribution in [2.24, 2.45) is 0 Å². The van der Waals surface area contributed by atoms with E-state index in [9.17, 15) is 0 Å². The number of imidazole rings is 1. The summed E-state index contributed by atoms with van der Waals surface area (Å²) in [5.74, 6) is 0. The Morgan fingerprint density at radius 2 is 1.10 bits per heavy atom. The Morgan fingerprint density at radius 3 is 1.92 bits per heavy atom. The van der Waals surface area contributed by atoms with E-state index in [0.717, 1.165) is 39.7 Å². The third kappa shape index (κ3) is 4.96. The van der Waals surface area contributed by atoms with Crippen LogP contribution < -0.4 is 4.90 Å². The van der Waals surface area contributed by atoms with Crippen molar-refractivity contribution in [3.63, 3.8) is 0 Å².